The van der Waals surface area contributed by atoms with E-state index >= 15 is 0 Å². The van der Waals surface area contributed by atoms with Gasteiger partial charge in [0.15, 0.2) is 5.76 Å². The van der Waals surface area contributed by atoms with Crippen LogP contribution in [0.3, 0.4) is 0 Å². The molecule has 0 saturated heterocycles. The van der Waals surface area contributed by atoms with Crippen molar-refractivity contribution < 1.29 is 19.1 Å². The molecule has 1 aromatic heterocycles. The maximum Gasteiger partial charge on any atom is 0.287 e. The monoisotopic (exact) mass is 281 g/mol. The highest BCUT2D eigenvalue weighted by atomic mass is 16.5. The highest BCUT2D eigenvalue weighted by Gasteiger charge is 2.61. The molecule has 5 heteroatoms. The summed E-state index contributed by atoms with van der Waals surface area (Å²) >= 11 is 0. The Hall–Kier alpha value is -1.33. The Bertz CT molecular complexity index is 494. The molecule has 2 rings (SSSR count). The molecule has 5 nitrogen and oxygen atoms in total. The molecule has 1 aliphatic carbocycles. The fourth-order valence-corrected chi connectivity index (χ4v) is 2.88. The van der Waals surface area contributed by atoms with E-state index in [1.807, 2.05) is 27.7 Å². The number of amides is 1. The number of carbonyl (C=O) groups excluding carboxylic acids is 1. The fraction of sp³-hybridized carbons (Fsp3) is 0.667. The van der Waals surface area contributed by atoms with Crippen LogP contribution in [0.15, 0.2) is 16.7 Å². The summed E-state index contributed by atoms with van der Waals surface area (Å²) in [5, 5.41) is 12.7. The normalized spacial score (nSPS) is 27.9. The van der Waals surface area contributed by atoms with Gasteiger partial charge in [0.2, 0.25) is 0 Å². The molecule has 1 aromatic rings. The zero-order chi connectivity index (χ0) is 15.0. The lowest BCUT2D eigenvalue weighted by Gasteiger charge is -2.60. The Balaban J connectivity index is 2.14. The summed E-state index contributed by atoms with van der Waals surface area (Å²) in [6, 6.07) is 1.75. The lowest BCUT2D eigenvalue weighted by molar-refractivity contribution is -0.172. The molecule has 2 atom stereocenters. The van der Waals surface area contributed by atoms with Crippen molar-refractivity contribution in [3.63, 3.8) is 0 Å². The molecule has 0 bridgehead atoms. The van der Waals surface area contributed by atoms with Gasteiger partial charge in [0.05, 0.1) is 24.5 Å². The molecule has 1 heterocycles. The zero-order valence-corrected chi connectivity index (χ0v) is 12.5. The minimum atomic E-state index is -0.664. The number of rotatable bonds is 5. The smallest absolute Gasteiger partial charge is 0.287 e. The van der Waals surface area contributed by atoms with Gasteiger partial charge in [-0.1, -0.05) is 13.8 Å². The molecule has 2 N–H and O–H groups in total. The average molecular weight is 281 g/mol. The second kappa shape index (κ2) is 5.22. The highest BCUT2D eigenvalue weighted by Crippen LogP contribution is 2.51. The van der Waals surface area contributed by atoms with Gasteiger partial charge in [-0.15, -0.1) is 0 Å². The van der Waals surface area contributed by atoms with Crippen molar-refractivity contribution >= 4 is 5.91 Å². The number of nitrogens with one attached hydrogen (secondary N) is 1. The summed E-state index contributed by atoms with van der Waals surface area (Å²) in [4.78, 5) is 12.3. The predicted molar refractivity (Wildman–Crippen MR) is 74.5 cm³/mol. The number of hydrogen-bond donors (Lipinski definition) is 2. The van der Waals surface area contributed by atoms with Gasteiger partial charge in [-0.05, 0) is 19.9 Å². The molecule has 20 heavy (non-hydrogen) atoms. The van der Waals surface area contributed by atoms with Gasteiger partial charge in [0, 0.05) is 24.0 Å². The Morgan fingerprint density at radius 2 is 2.30 bits per heavy atom. The maximum atomic E-state index is 12.3. The third-order valence-electron chi connectivity index (χ3n) is 4.63. The van der Waals surface area contributed by atoms with E-state index in [2.05, 4.69) is 5.32 Å². The topological polar surface area (TPSA) is 71.7 Å². The lowest BCUT2D eigenvalue weighted by Crippen LogP contribution is -2.74. The van der Waals surface area contributed by atoms with E-state index in [9.17, 15) is 9.90 Å². The predicted octanol–water partition coefficient (Wildman–Crippen LogP) is 1.88. The molecule has 1 aliphatic rings. The van der Waals surface area contributed by atoms with E-state index < -0.39 is 5.54 Å². The molecular weight excluding hydrogens is 258 g/mol. The molecule has 0 aliphatic heterocycles. The van der Waals surface area contributed by atoms with Gasteiger partial charge in [-0.2, -0.15) is 0 Å². The minimum Gasteiger partial charge on any atom is -0.459 e. The first kappa shape index (κ1) is 15.1. The van der Waals surface area contributed by atoms with Gasteiger partial charge in [-0.25, -0.2) is 0 Å². The second-order valence-electron chi connectivity index (χ2n) is 6.00. The Kier molecular flexibility index (Phi) is 3.93. The fourth-order valence-electron chi connectivity index (χ4n) is 2.88. The first-order valence-electron chi connectivity index (χ1n) is 6.97. The molecule has 112 valence electrons. The van der Waals surface area contributed by atoms with E-state index in [1.165, 1.54) is 6.26 Å². The van der Waals surface area contributed by atoms with Crippen LogP contribution in [0.1, 0.15) is 43.3 Å². The number of furan rings is 1. The molecule has 0 spiro atoms. The van der Waals surface area contributed by atoms with Crippen LogP contribution in [0, 0.1) is 12.3 Å². The Morgan fingerprint density at radius 1 is 1.60 bits per heavy atom. The zero-order valence-electron chi connectivity index (χ0n) is 12.5. The number of aliphatic hydroxyl groups excluding tert-OH is 1. The second-order valence-corrected chi connectivity index (χ2v) is 6.00. The van der Waals surface area contributed by atoms with Crippen LogP contribution < -0.4 is 5.32 Å². The number of aryl methyl sites for hydroxylation is 1. The Morgan fingerprint density at radius 3 is 2.75 bits per heavy atom. The number of aliphatic hydroxyl groups is 1. The van der Waals surface area contributed by atoms with Gasteiger partial charge in [0.1, 0.15) is 0 Å². The largest absolute Gasteiger partial charge is 0.459 e. The van der Waals surface area contributed by atoms with Crippen LogP contribution in [0.5, 0.6) is 0 Å². The third kappa shape index (κ3) is 2.15. The van der Waals surface area contributed by atoms with E-state index in [4.69, 9.17) is 9.15 Å². The van der Waals surface area contributed by atoms with Crippen LogP contribution in [-0.4, -0.2) is 35.9 Å². The van der Waals surface area contributed by atoms with Crippen molar-refractivity contribution in [2.75, 3.05) is 13.2 Å². The molecule has 0 unspecified atom stereocenters. The van der Waals surface area contributed by atoms with Crippen LogP contribution in [0.2, 0.25) is 0 Å². The molecule has 1 saturated carbocycles. The highest BCUT2D eigenvalue weighted by molar-refractivity contribution is 5.93. The maximum absolute atomic E-state index is 12.3. The van der Waals surface area contributed by atoms with Crippen molar-refractivity contribution in [1.82, 2.24) is 5.32 Å². The van der Waals surface area contributed by atoms with E-state index in [0.29, 0.717) is 18.8 Å². The van der Waals surface area contributed by atoms with E-state index in [1.54, 1.807) is 6.07 Å². The van der Waals surface area contributed by atoms with Crippen molar-refractivity contribution in [3.8, 4) is 0 Å². The van der Waals surface area contributed by atoms with Crippen LogP contribution in [0.4, 0.5) is 0 Å². The van der Waals surface area contributed by atoms with Gasteiger partial charge >= 0.3 is 0 Å². The quantitative estimate of drug-likeness (QED) is 0.864. The van der Waals surface area contributed by atoms with E-state index in [0.717, 1.165) is 5.56 Å². The minimum absolute atomic E-state index is 0.0395. The van der Waals surface area contributed by atoms with E-state index in [-0.39, 0.29) is 24.0 Å². The molecule has 0 radical (unpaired) electrons. The molecule has 1 fully saturated rings. The van der Waals surface area contributed by atoms with Gasteiger partial charge < -0.3 is 19.6 Å². The number of hydrogen-bond acceptors (Lipinski definition) is 4. The van der Waals surface area contributed by atoms with Crippen molar-refractivity contribution in [2.45, 2.75) is 45.8 Å². The third-order valence-corrected chi connectivity index (χ3v) is 4.63. The summed E-state index contributed by atoms with van der Waals surface area (Å²) in [5.41, 5.74) is -0.203. The van der Waals surface area contributed by atoms with Crippen LogP contribution in [0.25, 0.3) is 0 Å². The summed E-state index contributed by atoms with van der Waals surface area (Å²) in [6.45, 7) is 8.28. The number of ether oxygens (including phenoxy) is 1. The Labute approximate surface area is 119 Å². The first-order valence-corrected chi connectivity index (χ1v) is 6.97. The standard InChI is InChI=1S/C15H23NO4/c1-5-19-11-8-15(9-17,14(11,3)4)16-13(18)12-10(2)6-7-20-12/h6-7,11,17H,5,8-9H2,1-4H3,(H,16,18)/t11-,15+/m0/s1. The van der Waals surface area contributed by atoms with Crippen molar-refractivity contribution in [3.05, 3.63) is 23.7 Å². The van der Waals surface area contributed by atoms with Crippen LogP contribution in [-0.2, 0) is 4.74 Å². The van der Waals surface area contributed by atoms with Crippen molar-refractivity contribution in [2.24, 2.45) is 5.41 Å². The summed E-state index contributed by atoms with van der Waals surface area (Å²) < 4.78 is 10.9. The van der Waals surface area contributed by atoms with Crippen LogP contribution >= 0.6 is 0 Å². The first-order chi connectivity index (χ1) is 9.38. The SMILES string of the molecule is CCO[C@H]1C[C@](CO)(NC(=O)c2occc2C)C1(C)C. The number of carbonyl (C=O) groups is 1. The van der Waals surface area contributed by atoms with Gasteiger partial charge in [0.25, 0.3) is 5.91 Å². The lowest BCUT2D eigenvalue weighted by atomic mass is 9.54. The van der Waals surface area contributed by atoms with Gasteiger partial charge in [-0.3, -0.25) is 4.79 Å². The molecule has 0 aromatic carbocycles. The summed E-state index contributed by atoms with van der Waals surface area (Å²) in [6.07, 6.45) is 2.14. The summed E-state index contributed by atoms with van der Waals surface area (Å²) in [7, 11) is 0. The average Bonchev–Trinajstić information content (AvgIpc) is 2.83. The molecular formula is C15H23NO4. The summed E-state index contributed by atoms with van der Waals surface area (Å²) in [5.74, 6) is 0.0121. The van der Waals surface area contributed by atoms with Crippen molar-refractivity contribution in [1.29, 1.82) is 0 Å². The molecule has 1 amide bonds.